The van der Waals surface area contributed by atoms with Crippen LogP contribution in [0.2, 0.25) is 5.02 Å². The van der Waals surface area contributed by atoms with E-state index in [1.165, 1.54) is 5.56 Å². The van der Waals surface area contributed by atoms with E-state index in [-0.39, 0.29) is 0 Å². The molecule has 0 amide bonds. The van der Waals surface area contributed by atoms with Crippen LogP contribution in [0.25, 0.3) is 11.4 Å². The highest BCUT2D eigenvalue weighted by Crippen LogP contribution is 2.20. The summed E-state index contributed by atoms with van der Waals surface area (Å²) in [6.07, 6.45) is 1.68. The van der Waals surface area contributed by atoms with Crippen LogP contribution in [-0.2, 0) is 19.6 Å². The first-order chi connectivity index (χ1) is 13.3. The molecule has 5 nitrogen and oxygen atoms in total. The van der Waals surface area contributed by atoms with E-state index in [2.05, 4.69) is 27.2 Å². The van der Waals surface area contributed by atoms with Crippen molar-refractivity contribution in [2.45, 2.75) is 19.6 Å². The Morgan fingerprint density at radius 1 is 0.852 bits per heavy atom. The first-order valence-electron chi connectivity index (χ1n) is 8.63. The zero-order valence-corrected chi connectivity index (χ0v) is 15.3. The van der Waals surface area contributed by atoms with Crippen molar-refractivity contribution < 1.29 is 8.94 Å². The van der Waals surface area contributed by atoms with Crippen LogP contribution < -0.4 is 0 Å². The summed E-state index contributed by atoms with van der Waals surface area (Å²) in [5.74, 6) is 2.00. The summed E-state index contributed by atoms with van der Waals surface area (Å²) in [5.41, 5.74) is 2.08. The Labute approximate surface area is 162 Å². The molecule has 6 heteroatoms. The van der Waals surface area contributed by atoms with Gasteiger partial charge in [-0.1, -0.05) is 47.1 Å². The van der Waals surface area contributed by atoms with Gasteiger partial charge in [-0.2, -0.15) is 4.98 Å². The number of nitrogens with zero attached hydrogens (tertiary/aromatic N) is 3. The maximum Gasteiger partial charge on any atom is 0.241 e. The Bertz CT molecular complexity index is 966. The van der Waals surface area contributed by atoms with Gasteiger partial charge in [-0.05, 0) is 42.0 Å². The number of benzene rings is 2. The molecule has 0 radical (unpaired) electrons. The van der Waals surface area contributed by atoms with E-state index in [1.54, 1.807) is 6.26 Å². The SMILES string of the molecule is Clc1ccc(-c2noc(CN(Cc3ccccc3)Cc3ccco3)n2)cc1. The monoisotopic (exact) mass is 379 g/mol. The minimum absolute atomic E-state index is 0.524. The number of aromatic nitrogens is 2. The third-order valence-electron chi connectivity index (χ3n) is 4.14. The molecule has 136 valence electrons. The van der Waals surface area contributed by atoms with Gasteiger partial charge in [-0.25, -0.2) is 0 Å². The van der Waals surface area contributed by atoms with Crippen LogP contribution >= 0.6 is 11.6 Å². The molecule has 4 aromatic rings. The maximum absolute atomic E-state index is 5.94. The highest BCUT2D eigenvalue weighted by molar-refractivity contribution is 6.30. The van der Waals surface area contributed by atoms with Crippen LogP contribution in [0.1, 0.15) is 17.2 Å². The minimum Gasteiger partial charge on any atom is -0.468 e. The lowest BCUT2D eigenvalue weighted by Crippen LogP contribution is -2.22. The number of rotatable bonds is 7. The third-order valence-corrected chi connectivity index (χ3v) is 4.39. The highest BCUT2D eigenvalue weighted by Gasteiger charge is 2.15. The Hall–Kier alpha value is -2.89. The topological polar surface area (TPSA) is 55.3 Å². The van der Waals surface area contributed by atoms with Crippen molar-refractivity contribution >= 4 is 11.6 Å². The lowest BCUT2D eigenvalue weighted by Gasteiger charge is -2.19. The molecule has 0 bridgehead atoms. The summed E-state index contributed by atoms with van der Waals surface area (Å²) in [6.45, 7) is 1.93. The molecule has 4 rings (SSSR count). The van der Waals surface area contributed by atoms with Crippen molar-refractivity contribution in [3.05, 3.63) is 95.2 Å². The van der Waals surface area contributed by atoms with E-state index in [0.717, 1.165) is 17.9 Å². The normalized spacial score (nSPS) is 11.2. The zero-order valence-electron chi connectivity index (χ0n) is 14.6. The predicted octanol–water partition coefficient (Wildman–Crippen LogP) is 5.19. The average molecular weight is 380 g/mol. The van der Waals surface area contributed by atoms with Crippen LogP contribution in [-0.4, -0.2) is 15.0 Å². The Kier molecular flexibility index (Phi) is 5.32. The van der Waals surface area contributed by atoms with Gasteiger partial charge >= 0.3 is 0 Å². The number of hydrogen-bond donors (Lipinski definition) is 0. The van der Waals surface area contributed by atoms with E-state index in [1.807, 2.05) is 54.6 Å². The average Bonchev–Trinajstić information content (AvgIpc) is 3.35. The van der Waals surface area contributed by atoms with E-state index in [4.69, 9.17) is 20.5 Å². The maximum atomic E-state index is 5.94. The fourth-order valence-electron chi connectivity index (χ4n) is 2.86. The summed E-state index contributed by atoms with van der Waals surface area (Å²) in [5, 5.41) is 4.77. The van der Waals surface area contributed by atoms with Gasteiger partial charge in [0.05, 0.1) is 19.4 Å². The molecular formula is C21H18ClN3O2. The van der Waals surface area contributed by atoms with Crippen molar-refractivity contribution in [2.75, 3.05) is 0 Å². The van der Waals surface area contributed by atoms with E-state index in [0.29, 0.717) is 29.8 Å². The van der Waals surface area contributed by atoms with E-state index >= 15 is 0 Å². The molecule has 0 saturated carbocycles. The lowest BCUT2D eigenvalue weighted by molar-refractivity contribution is 0.196. The van der Waals surface area contributed by atoms with E-state index in [9.17, 15) is 0 Å². The van der Waals surface area contributed by atoms with E-state index < -0.39 is 0 Å². The summed E-state index contributed by atoms with van der Waals surface area (Å²) in [6, 6.07) is 21.5. The van der Waals surface area contributed by atoms with Crippen molar-refractivity contribution in [1.29, 1.82) is 0 Å². The van der Waals surface area contributed by atoms with Crippen LogP contribution in [0.3, 0.4) is 0 Å². The molecule has 0 unspecified atom stereocenters. The molecule has 2 heterocycles. The second-order valence-electron chi connectivity index (χ2n) is 6.23. The fraction of sp³-hybridized carbons (Fsp3) is 0.143. The quantitative estimate of drug-likeness (QED) is 0.442. The van der Waals surface area contributed by atoms with Gasteiger partial charge < -0.3 is 8.94 Å². The zero-order chi connectivity index (χ0) is 18.5. The molecule has 0 N–H and O–H groups in total. The highest BCUT2D eigenvalue weighted by atomic mass is 35.5. The number of halogens is 1. The second-order valence-corrected chi connectivity index (χ2v) is 6.67. The molecule has 27 heavy (non-hydrogen) atoms. The Morgan fingerprint density at radius 3 is 2.41 bits per heavy atom. The first kappa shape index (κ1) is 17.5. The molecule has 0 aliphatic heterocycles. The smallest absolute Gasteiger partial charge is 0.241 e. The molecular weight excluding hydrogens is 362 g/mol. The predicted molar refractivity (Wildman–Crippen MR) is 103 cm³/mol. The molecule has 0 spiro atoms. The van der Waals surface area contributed by atoms with Crippen molar-refractivity contribution in [3.63, 3.8) is 0 Å². The molecule has 0 atom stereocenters. The summed E-state index contributed by atoms with van der Waals surface area (Å²) >= 11 is 5.94. The van der Waals surface area contributed by atoms with Crippen molar-refractivity contribution in [1.82, 2.24) is 15.0 Å². The van der Waals surface area contributed by atoms with Gasteiger partial charge in [0, 0.05) is 17.1 Å². The van der Waals surface area contributed by atoms with Gasteiger partial charge in [0.1, 0.15) is 5.76 Å². The molecule has 2 aromatic heterocycles. The summed E-state index contributed by atoms with van der Waals surface area (Å²) in [4.78, 5) is 6.73. The van der Waals surface area contributed by atoms with Gasteiger partial charge in [-0.3, -0.25) is 4.90 Å². The molecule has 0 aliphatic rings. The van der Waals surface area contributed by atoms with Crippen LogP contribution in [0.15, 0.2) is 81.9 Å². The standard InChI is InChI=1S/C21H18ClN3O2/c22-18-10-8-17(9-11-18)21-23-20(27-24-21)15-25(14-19-7-4-12-26-19)13-16-5-2-1-3-6-16/h1-12H,13-15H2. The van der Waals surface area contributed by atoms with Crippen LogP contribution in [0.4, 0.5) is 0 Å². The summed E-state index contributed by atoms with van der Waals surface area (Å²) < 4.78 is 11.0. The van der Waals surface area contributed by atoms with Crippen LogP contribution in [0.5, 0.6) is 0 Å². The number of hydrogen-bond acceptors (Lipinski definition) is 5. The van der Waals surface area contributed by atoms with Gasteiger partial charge in [-0.15, -0.1) is 0 Å². The van der Waals surface area contributed by atoms with Crippen LogP contribution in [0, 0.1) is 0 Å². The van der Waals surface area contributed by atoms with Gasteiger partial charge in [0.2, 0.25) is 11.7 Å². The van der Waals surface area contributed by atoms with Gasteiger partial charge in [0.15, 0.2) is 0 Å². The largest absolute Gasteiger partial charge is 0.468 e. The van der Waals surface area contributed by atoms with Crippen molar-refractivity contribution in [2.24, 2.45) is 0 Å². The van der Waals surface area contributed by atoms with Crippen molar-refractivity contribution in [3.8, 4) is 11.4 Å². The third kappa shape index (κ3) is 4.64. The molecule has 0 saturated heterocycles. The molecule has 0 fully saturated rings. The fourth-order valence-corrected chi connectivity index (χ4v) is 2.98. The summed E-state index contributed by atoms with van der Waals surface area (Å²) in [7, 11) is 0. The first-order valence-corrected chi connectivity index (χ1v) is 9.01. The Balaban J connectivity index is 1.51. The lowest BCUT2D eigenvalue weighted by atomic mass is 10.2. The minimum atomic E-state index is 0.524. The molecule has 2 aromatic carbocycles. The van der Waals surface area contributed by atoms with Gasteiger partial charge in [0.25, 0.3) is 0 Å². The Morgan fingerprint density at radius 2 is 1.67 bits per heavy atom. The number of furan rings is 1. The second kappa shape index (κ2) is 8.20. The molecule has 0 aliphatic carbocycles.